The highest BCUT2D eigenvalue weighted by atomic mass is 19.1. The molecule has 4 bridgehead atoms. The zero-order chi connectivity index (χ0) is 28.0. The average molecular weight is 546 g/mol. The molecular formula is C28H36FN3O7. The standard InChI is InChI=1S/C27H34FN3O5.CH2O2/c1-34-25-14-21-5-6-24(25)36-23-13-20(12-22(28)15-23)16-30-26(32)4-2-9-31(10-3-8-29-27(21)33)17-19-7-11-35-18-19;2-1-3/h5-6,12-15,19H,2-4,7-11,16-18H2,1H3,(H,29,33)(H,30,32);1H,(H,2,3). The summed E-state index contributed by atoms with van der Waals surface area (Å²) in [6, 6.07) is 9.20. The Kier molecular flexibility index (Phi) is 12.0. The number of halogens is 1. The second kappa shape index (κ2) is 15.6. The second-order valence-corrected chi connectivity index (χ2v) is 9.39. The minimum Gasteiger partial charge on any atom is -0.493 e. The van der Waals surface area contributed by atoms with E-state index >= 15 is 0 Å². The van der Waals surface area contributed by atoms with Gasteiger partial charge in [0.1, 0.15) is 11.6 Å². The van der Waals surface area contributed by atoms with Gasteiger partial charge in [0.2, 0.25) is 5.91 Å². The van der Waals surface area contributed by atoms with Crippen LogP contribution < -0.4 is 20.1 Å². The number of carboxylic acid groups (broad SMARTS) is 1. The molecule has 0 aromatic heterocycles. The Balaban J connectivity index is 0.00000134. The molecule has 1 saturated heterocycles. The van der Waals surface area contributed by atoms with Crippen LogP contribution in [-0.2, 0) is 20.9 Å². The first-order valence-corrected chi connectivity index (χ1v) is 13.0. The molecule has 3 aliphatic heterocycles. The SMILES string of the molecule is COc1cc2ccc1Oc1cc(F)cc(c1)CNC(=O)CCCN(CC1CCOC1)CCCNC2=O.O=CO. The zero-order valence-corrected chi connectivity index (χ0v) is 22.1. The number of nitrogens with zero attached hydrogens (tertiary/aromatic N) is 1. The van der Waals surface area contributed by atoms with Crippen LogP contribution in [0, 0.1) is 11.7 Å². The summed E-state index contributed by atoms with van der Waals surface area (Å²) in [5, 5.41) is 12.7. The largest absolute Gasteiger partial charge is 0.493 e. The van der Waals surface area contributed by atoms with Crippen LogP contribution in [0.25, 0.3) is 0 Å². The molecular weight excluding hydrogens is 509 g/mol. The van der Waals surface area contributed by atoms with Gasteiger partial charge in [-0.05, 0) is 74.2 Å². The van der Waals surface area contributed by atoms with Crippen molar-refractivity contribution in [3.8, 4) is 17.2 Å². The third-order valence-corrected chi connectivity index (χ3v) is 6.43. The van der Waals surface area contributed by atoms with Crippen LogP contribution >= 0.6 is 0 Å². The lowest BCUT2D eigenvalue weighted by Crippen LogP contribution is -2.35. The smallest absolute Gasteiger partial charge is 0.290 e. The first-order valence-electron chi connectivity index (χ1n) is 13.0. The number of ether oxygens (including phenoxy) is 3. The second-order valence-electron chi connectivity index (χ2n) is 9.39. The summed E-state index contributed by atoms with van der Waals surface area (Å²) in [6.45, 7) is 4.57. The minimum absolute atomic E-state index is 0.0789. The van der Waals surface area contributed by atoms with Crippen LogP contribution in [0.3, 0.4) is 0 Å². The van der Waals surface area contributed by atoms with E-state index in [1.165, 1.54) is 19.2 Å². The summed E-state index contributed by atoms with van der Waals surface area (Å²) in [5.74, 6) is 0.738. The summed E-state index contributed by atoms with van der Waals surface area (Å²) in [6.07, 6.45) is 2.94. The van der Waals surface area contributed by atoms with Gasteiger partial charge in [0.15, 0.2) is 11.5 Å². The molecule has 3 N–H and O–H groups in total. The predicted octanol–water partition coefficient (Wildman–Crippen LogP) is 3.20. The Hall–Kier alpha value is -3.70. The molecule has 39 heavy (non-hydrogen) atoms. The van der Waals surface area contributed by atoms with Gasteiger partial charge < -0.3 is 34.9 Å². The Labute approximate surface area is 227 Å². The first-order chi connectivity index (χ1) is 18.9. The van der Waals surface area contributed by atoms with Gasteiger partial charge in [-0.25, -0.2) is 4.39 Å². The number of methoxy groups -OCH3 is 1. The van der Waals surface area contributed by atoms with E-state index in [0.29, 0.717) is 41.5 Å². The molecule has 212 valence electrons. The Bertz CT molecular complexity index is 1110. The van der Waals surface area contributed by atoms with Gasteiger partial charge in [-0.2, -0.15) is 0 Å². The van der Waals surface area contributed by atoms with Crippen molar-refractivity contribution in [2.24, 2.45) is 5.92 Å². The van der Waals surface area contributed by atoms with Gasteiger partial charge in [-0.3, -0.25) is 14.4 Å². The number of nitrogens with one attached hydrogen (secondary N) is 2. The lowest BCUT2D eigenvalue weighted by atomic mass is 10.1. The fourth-order valence-electron chi connectivity index (χ4n) is 4.55. The normalized spacial score (nSPS) is 19.1. The number of benzene rings is 2. The van der Waals surface area contributed by atoms with E-state index < -0.39 is 5.82 Å². The van der Waals surface area contributed by atoms with Crippen LogP contribution in [-0.4, -0.2) is 74.8 Å². The molecule has 1 fully saturated rings. The molecule has 1 atom stereocenters. The molecule has 11 heteroatoms. The number of hydrogen-bond donors (Lipinski definition) is 3. The van der Waals surface area contributed by atoms with Gasteiger partial charge >= 0.3 is 0 Å². The molecule has 5 rings (SSSR count). The van der Waals surface area contributed by atoms with Crippen molar-refractivity contribution in [1.82, 2.24) is 15.5 Å². The summed E-state index contributed by atoms with van der Waals surface area (Å²) < 4.78 is 31.1. The highest BCUT2D eigenvalue weighted by Crippen LogP contribution is 2.33. The average Bonchev–Trinajstić information content (AvgIpc) is 3.42. The van der Waals surface area contributed by atoms with Crippen molar-refractivity contribution in [2.75, 3.05) is 46.5 Å². The van der Waals surface area contributed by atoms with E-state index in [-0.39, 0.29) is 30.6 Å². The molecule has 0 aliphatic carbocycles. The molecule has 1 unspecified atom stereocenters. The van der Waals surface area contributed by atoms with E-state index in [4.69, 9.17) is 24.1 Å². The van der Waals surface area contributed by atoms with Crippen molar-refractivity contribution in [1.29, 1.82) is 0 Å². The molecule has 10 nitrogen and oxygen atoms in total. The van der Waals surface area contributed by atoms with E-state index in [2.05, 4.69) is 15.5 Å². The lowest BCUT2D eigenvalue weighted by molar-refractivity contribution is -0.123. The lowest BCUT2D eigenvalue weighted by Gasteiger charge is -2.25. The number of carbonyl (C=O) groups is 3. The van der Waals surface area contributed by atoms with Crippen molar-refractivity contribution in [2.45, 2.75) is 32.2 Å². The summed E-state index contributed by atoms with van der Waals surface area (Å²) >= 11 is 0. The van der Waals surface area contributed by atoms with Gasteiger partial charge in [0.05, 0.1) is 13.7 Å². The van der Waals surface area contributed by atoms with Crippen LogP contribution in [0.15, 0.2) is 36.4 Å². The molecule has 3 aliphatic rings. The van der Waals surface area contributed by atoms with E-state index in [1.807, 2.05) is 0 Å². The molecule has 2 aromatic carbocycles. The summed E-state index contributed by atoms with van der Waals surface area (Å²) in [5.41, 5.74) is 1.04. The van der Waals surface area contributed by atoms with Crippen molar-refractivity contribution < 1.29 is 38.1 Å². The van der Waals surface area contributed by atoms with Gasteiger partial charge in [-0.15, -0.1) is 0 Å². The third kappa shape index (κ3) is 9.84. The van der Waals surface area contributed by atoms with Crippen LogP contribution in [0.2, 0.25) is 0 Å². The quantitative estimate of drug-likeness (QED) is 0.502. The molecule has 0 radical (unpaired) electrons. The Morgan fingerprint density at radius 1 is 1.15 bits per heavy atom. The Morgan fingerprint density at radius 2 is 1.95 bits per heavy atom. The first kappa shape index (κ1) is 29.9. The number of rotatable bonds is 3. The fraction of sp³-hybridized carbons (Fsp3) is 0.464. The van der Waals surface area contributed by atoms with Crippen LogP contribution in [0.4, 0.5) is 4.39 Å². The maximum atomic E-state index is 14.3. The van der Waals surface area contributed by atoms with E-state index in [1.54, 1.807) is 24.3 Å². The molecule has 0 saturated carbocycles. The third-order valence-electron chi connectivity index (χ3n) is 6.43. The van der Waals surface area contributed by atoms with Crippen molar-refractivity contribution in [3.05, 3.63) is 53.3 Å². The summed E-state index contributed by atoms with van der Waals surface area (Å²) in [7, 11) is 1.48. The number of hydrogen-bond acceptors (Lipinski definition) is 7. The van der Waals surface area contributed by atoms with Crippen molar-refractivity contribution in [3.63, 3.8) is 0 Å². The van der Waals surface area contributed by atoms with Gasteiger partial charge in [0.25, 0.3) is 12.4 Å². The molecule has 3 heterocycles. The monoisotopic (exact) mass is 545 g/mol. The topological polar surface area (TPSA) is 126 Å². The zero-order valence-electron chi connectivity index (χ0n) is 22.1. The summed E-state index contributed by atoms with van der Waals surface area (Å²) in [4.78, 5) is 35.9. The minimum atomic E-state index is -0.472. The van der Waals surface area contributed by atoms with Crippen LogP contribution in [0.5, 0.6) is 17.2 Å². The van der Waals surface area contributed by atoms with E-state index in [0.717, 1.165) is 52.1 Å². The van der Waals surface area contributed by atoms with E-state index in [9.17, 15) is 14.0 Å². The number of carbonyl (C=O) groups excluding carboxylic acids is 2. The number of fused-ring (bicyclic) bond motifs is 13. The maximum Gasteiger partial charge on any atom is 0.290 e. The van der Waals surface area contributed by atoms with Crippen molar-refractivity contribution >= 4 is 18.3 Å². The maximum absolute atomic E-state index is 14.3. The predicted molar refractivity (Wildman–Crippen MR) is 142 cm³/mol. The van der Waals surface area contributed by atoms with Gasteiger partial charge in [-0.1, -0.05) is 0 Å². The van der Waals surface area contributed by atoms with Crippen LogP contribution in [0.1, 0.15) is 41.6 Å². The fourth-order valence-corrected chi connectivity index (χ4v) is 4.55. The molecule has 2 amide bonds. The Morgan fingerprint density at radius 3 is 2.69 bits per heavy atom. The molecule has 0 spiro atoms. The van der Waals surface area contributed by atoms with Gasteiger partial charge in [0, 0.05) is 44.3 Å². The highest BCUT2D eigenvalue weighted by Gasteiger charge is 2.20. The highest BCUT2D eigenvalue weighted by molar-refractivity contribution is 5.94. The number of amides is 2. The molecule has 2 aromatic rings.